The van der Waals surface area contributed by atoms with Crippen molar-refractivity contribution in [2.24, 2.45) is 11.8 Å². The number of benzene rings is 1. The summed E-state index contributed by atoms with van der Waals surface area (Å²) in [6.07, 6.45) is 1.82. The molecule has 1 aromatic rings. The lowest BCUT2D eigenvalue weighted by atomic mass is 9.80. The number of carboxylic acids is 1. The monoisotopic (exact) mass is 275 g/mol. The van der Waals surface area contributed by atoms with Gasteiger partial charge in [0.1, 0.15) is 0 Å². The average molecular weight is 275 g/mol. The van der Waals surface area contributed by atoms with Crippen LogP contribution in [0.15, 0.2) is 24.3 Å². The summed E-state index contributed by atoms with van der Waals surface area (Å²) in [5.74, 6) is -1.13. The number of carboxylic acid groups (broad SMARTS) is 1. The van der Waals surface area contributed by atoms with E-state index >= 15 is 0 Å². The lowest BCUT2D eigenvalue weighted by Crippen LogP contribution is -2.48. The zero-order chi connectivity index (χ0) is 14.7. The Morgan fingerprint density at radius 1 is 1.30 bits per heavy atom. The van der Waals surface area contributed by atoms with E-state index in [2.05, 4.69) is 5.32 Å². The number of hydrogen-bond donors (Lipinski definition) is 2. The number of amides is 1. The van der Waals surface area contributed by atoms with E-state index in [1.165, 1.54) is 5.56 Å². The van der Waals surface area contributed by atoms with Crippen molar-refractivity contribution in [1.82, 2.24) is 5.32 Å². The summed E-state index contributed by atoms with van der Waals surface area (Å²) in [4.78, 5) is 22.7. The van der Waals surface area contributed by atoms with E-state index in [9.17, 15) is 9.59 Å². The van der Waals surface area contributed by atoms with E-state index in [-0.39, 0.29) is 23.8 Å². The maximum absolute atomic E-state index is 12.0. The summed E-state index contributed by atoms with van der Waals surface area (Å²) in [7, 11) is 0. The van der Waals surface area contributed by atoms with Crippen LogP contribution in [-0.4, -0.2) is 23.0 Å². The van der Waals surface area contributed by atoms with Crippen LogP contribution in [0.5, 0.6) is 0 Å². The predicted octanol–water partition coefficient (Wildman–Crippen LogP) is 2.15. The second kappa shape index (κ2) is 6.07. The van der Waals surface area contributed by atoms with Crippen LogP contribution in [0.4, 0.5) is 0 Å². The Balaban J connectivity index is 1.78. The van der Waals surface area contributed by atoms with Gasteiger partial charge in [0.2, 0.25) is 5.91 Å². The minimum Gasteiger partial charge on any atom is -0.481 e. The van der Waals surface area contributed by atoms with E-state index < -0.39 is 5.97 Å². The minimum atomic E-state index is -0.761. The molecular formula is C16H21NO3. The van der Waals surface area contributed by atoms with Gasteiger partial charge in [-0.2, -0.15) is 0 Å². The topological polar surface area (TPSA) is 66.4 Å². The van der Waals surface area contributed by atoms with Crippen molar-refractivity contribution < 1.29 is 14.7 Å². The maximum Gasteiger partial charge on any atom is 0.306 e. The molecule has 0 heterocycles. The van der Waals surface area contributed by atoms with Crippen molar-refractivity contribution >= 4 is 11.9 Å². The molecule has 0 bridgehead atoms. The molecule has 0 aromatic heterocycles. The molecule has 1 aliphatic rings. The molecule has 4 nitrogen and oxygen atoms in total. The van der Waals surface area contributed by atoms with Crippen LogP contribution in [0.25, 0.3) is 0 Å². The average Bonchev–Trinajstić information content (AvgIpc) is 2.35. The molecule has 0 radical (unpaired) electrons. The molecule has 1 amide bonds. The van der Waals surface area contributed by atoms with Gasteiger partial charge in [0.15, 0.2) is 0 Å². The van der Waals surface area contributed by atoms with Crippen molar-refractivity contribution in [2.75, 3.05) is 0 Å². The Bertz CT molecular complexity index is 489. The molecule has 1 aromatic carbocycles. The summed E-state index contributed by atoms with van der Waals surface area (Å²) >= 11 is 0. The molecule has 1 aliphatic carbocycles. The van der Waals surface area contributed by atoms with Gasteiger partial charge in [0.05, 0.1) is 5.92 Å². The van der Waals surface area contributed by atoms with Crippen molar-refractivity contribution in [3.8, 4) is 0 Å². The van der Waals surface area contributed by atoms with Gasteiger partial charge in [0.25, 0.3) is 0 Å². The van der Waals surface area contributed by atoms with Crippen LogP contribution in [0.1, 0.15) is 30.9 Å². The van der Waals surface area contributed by atoms with E-state index in [1.54, 1.807) is 0 Å². The van der Waals surface area contributed by atoms with Crippen LogP contribution in [0.2, 0.25) is 0 Å². The SMILES string of the molecule is Cc1ccc(CC(C)C(=O)NC2CC(C(=O)O)C2)cc1. The fourth-order valence-corrected chi connectivity index (χ4v) is 2.45. The number of nitrogens with one attached hydrogen (secondary N) is 1. The molecule has 108 valence electrons. The van der Waals surface area contributed by atoms with Crippen molar-refractivity contribution in [1.29, 1.82) is 0 Å². The predicted molar refractivity (Wildman–Crippen MR) is 76.3 cm³/mol. The Morgan fingerprint density at radius 3 is 2.45 bits per heavy atom. The second-order valence-corrected chi connectivity index (χ2v) is 5.80. The first-order chi connectivity index (χ1) is 9.45. The van der Waals surface area contributed by atoms with Gasteiger partial charge in [0, 0.05) is 12.0 Å². The van der Waals surface area contributed by atoms with Crippen molar-refractivity contribution in [3.63, 3.8) is 0 Å². The standard InChI is InChI=1S/C16H21NO3/c1-10-3-5-12(6-4-10)7-11(2)15(18)17-14-8-13(9-14)16(19)20/h3-6,11,13-14H,7-9H2,1-2H3,(H,17,18)(H,19,20). The van der Waals surface area contributed by atoms with Crippen LogP contribution in [0.3, 0.4) is 0 Å². The first-order valence-electron chi connectivity index (χ1n) is 7.04. The molecule has 20 heavy (non-hydrogen) atoms. The summed E-state index contributed by atoms with van der Waals surface area (Å²) in [5.41, 5.74) is 2.36. The number of carbonyl (C=O) groups is 2. The van der Waals surface area contributed by atoms with Crippen LogP contribution >= 0.6 is 0 Å². The number of rotatable bonds is 5. The molecule has 1 unspecified atom stereocenters. The van der Waals surface area contributed by atoms with Gasteiger partial charge in [-0.15, -0.1) is 0 Å². The highest BCUT2D eigenvalue weighted by molar-refractivity contribution is 5.79. The number of carbonyl (C=O) groups excluding carboxylic acids is 1. The normalized spacial score (nSPS) is 22.7. The Labute approximate surface area is 119 Å². The minimum absolute atomic E-state index is 0.0133. The quantitative estimate of drug-likeness (QED) is 0.865. The molecule has 2 N–H and O–H groups in total. The summed E-state index contributed by atoms with van der Waals surface area (Å²) in [6.45, 7) is 3.94. The molecular weight excluding hydrogens is 254 g/mol. The molecule has 0 spiro atoms. The third-order valence-corrected chi connectivity index (χ3v) is 3.94. The zero-order valence-corrected chi connectivity index (χ0v) is 11.9. The maximum atomic E-state index is 12.0. The molecule has 1 atom stereocenters. The van der Waals surface area contributed by atoms with Crippen molar-refractivity contribution in [2.45, 2.75) is 39.2 Å². The van der Waals surface area contributed by atoms with E-state index in [0.717, 1.165) is 5.56 Å². The third kappa shape index (κ3) is 3.59. The van der Waals surface area contributed by atoms with E-state index in [0.29, 0.717) is 19.3 Å². The van der Waals surface area contributed by atoms with E-state index in [1.807, 2.05) is 38.1 Å². The largest absolute Gasteiger partial charge is 0.481 e. The molecule has 1 saturated carbocycles. The van der Waals surface area contributed by atoms with Gasteiger partial charge >= 0.3 is 5.97 Å². The Morgan fingerprint density at radius 2 is 1.90 bits per heavy atom. The van der Waals surface area contributed by atoms with Crippen LogP contribution in [0, 0.1) is 18.8 Å². The molecule has 0 aliphatic heterocycles. The molecule has 1 fully saturated rings. The first-order valence-corrected chi connectivity index (χ1v) is 7.04. The van der Waals surface area contributed by atoms with Crippen LogP contribution in [-0.2, 0) is 16.0 Å². The lowest BCUT2D eigenvalue weighted by molar-refractivity contribution is -0.146. The molecule has 2 rings (SSSR count). The Hall–Kier alpha value is -1.84. The highest BCUT2D eigenvalue weighted by atomic mass is 16.4. The molecule has 0 saturated heterocycles. The fraction of sp³-hybridized carbons (Fsp3) is 0.500. The van der Waals surface area contributed by atoms with Gasteiger partial charge < -0.3 is 10.4 Å². The number of hydrogen-bond acceptors (Lipinski definition) is 2. The highest BCUT2D eigenvalue weighted by Gasteiger charge is 2.35. The van der Waals surface area contributed by atoms with Crippen molar-refractivity contribution in [3.05, 3.63) is 35.4 Å². The van der Waals surface area contributed by atoms with Gasteiger partial charge in [-0.1, -0.05) is 36.8 Å². The first kappa shape index (κ1) is 14.6. The second-order valence-electron chi connectivity index (χ2n) is 5.80. The Kier molecular flexibility index (Phi) is 4.42. The number of aliphatic carboxylic acids is 1. The van der Waals surface area contributed by atoms with Gasteiger partial charge in [-0.3, -0.25) is 9.59 Å². The summed E-state index contributed by atoms with van der Waals surface area (Å²) in [5, 5.41) is 11.7. The lowest BCUT2D eigenvalue weighted by Gasteiger charge is -2.33. The highest BCUT2D eigenvalue weighted by Crippen LogP contribution is 2.27. The smallest absolute Gasteiger partial charge is 0.306 e. The van der Waals surface area contributed by atoms with Crippen LogP contribution < -0.4 is 5.32 Å². The summed E-state index contributed by atoms with van der Waals surface area (Å²) < 4.78 is 0. The number of aryl methyl sites for hydroxylation is 1. The molecule has 4 heteroatoms. The third-order valence-electron chi connectivity index (χ3n) is 3.94. The van der Waals surface area contributed by atoms with Gasteiger partial charge in [-0.05, 0) is 31.7 Å². The van der Waals surface area contributed by atoms with E-state index in [4.69, 9.17) is 5.11 Å². The van der Waals surface area contributed by atoms with Gasteiger partial charge in [-0.25, -0.2) is 0 Å². The summed E-state index contributed by atoms with van der Waals surface area (Å²) in [6, 6.07) is 8.21. The fourth-order valence-electron chi connectivity index (χ4n) is 2.45. The zero-order valence-electron chi connectivity index (χ0n) is 11.9.